The Kier molecular flexibility index (Phi) is 8.30. The second-order valence-corrected chi connectivity index (χ2v) is 9.78. The lowest BCUT2D eigenvalue weighted by atomic mass is 10.1. The molecular weight excluding hydrogens is 488 g/mol. The molecule has 4 rings (SSSR count). The fraction of sp³-hybridized carbons (Fsp3) is 0.120. The number of hydrogen-bond acceptors (Lipinski definition) is 6. The highest BCUT2D eigenvalue weighted by atomic mass is 35.5. The zero-order valence-corrected chi connectivity index (χ0v) is 20.4. The standard InChI is InChI=1S/C25H21ClN4O2S2/c26-19-13-11-18(12-14-19)24-29-30-25(34-24)28-23(32)21(15-17-7-3-1-4-8-17)27-22(31)16-33-20-9-5-2-6-10-20/h1-14,21H,15-16H2,(H,27,31)(H,28,30,32). The summed E-state index contributed by atoms with van der Waals surface area (Å²) in [6.07, 6.45) is 0.358. The van der Waals surface area contributed by atoms with Gasteiger partial charge in [-0.25, -0.2) is 0 Å². The number of amides is 2. The van der Waals surface area contributed by atoms with Crippen molar-refractivity contribution in [3.8, 4) is 10.6 Å². The van der Waals surface area contributed by atoms with Gasteiger partial charge in [0.25, 0.3) is 0 Å². The number of anilines is 1. The Bertz CT molecular complexity index is 1230. The molecule has 1 unspecified atom stereocenters. The van der Waals surface area contributed by atoms with Gasteiger partial charge in [0.2, 0.25) is 16.9 Å². The number of nitrogens with zero attached hydrogens (tertiary/aromatic N) is 2. The maximum Gasteiger partial charge on any atom is 0.249 e. The van der Waals surface area contributed by atoms with Crippen LogP contribution in [0.15, 0.2) is 89.8 Å². The molecule has 4 aromatic rings. The van der Waals surface area contributed by atoms with E-state index in [2.05, 4.69) is 20.8 Å². The Morgan fingerprint density at radius 3 is 2.29 bits per heavy atom. The van der Waals surface area contributed by atoms with E-state index in [1.807, 2.05) is 72.8 Å². The normalized spacial score (nSPS) is 11.6. The first kappa shape index (κ1) is 23.9. The number of rotatable bonds is 9. The van der Waals surface area contributed by atoms with Crippen LogP contribution >= 0.6 is 34.7 Å². The predicted octanol–water partition coefficient (Wildman–Crippen LogP) is 5.32. The molecule has 0 fully saturated rings. The topological polar surface area (TPSA) is 84.0 Å². The highest BCUT2D eigenvalue weighted by Gasteiger charge is 2.23. The molecule has 0 bridgehead atoms. The number of carbonyl (C=O) groups excluding carboxylic acids is 2. The molecule has 1 heterocycles. The van der Waals surface area contributed by atoms with Crippen LogP contribution in [-0.2, 0) is 16.0 Å². The van der Waals surface area contributed by atoms with E-state index in [1.165, 1.54) is 23.1 Å². The number of aromatic nitrogens is 2. The third kappa shape index (κ3) is 6.90. The molecule has 0 saturated carbocycles. The van der Waals surface area contributed by atoms with Crippen molar-refractivity contribution < 1.29 is 9.59 Å². The zero-order valence-electron chi connectivity index (χ0n) is 18.0. The monoisotopic (exact) mass is 508 g/mol. The van der Waals surface area contributed by atoms with Crippen LogP contribution in [0.4, 0.5) is 5.13 Å². The summed E-state index contributed by atoms with van der Waals surface area (Å²) in [5.41, 5.74) is 1.80. The van der Waals surface area contributed by atoms with E-state index in [0.29, 0.717) is 21.6 Å². The van der Waals surface area contributed by atoms with Crippen molar-refractivity contribution >= 4 is 51.6 Å². The number of halogens is 1. The first-order valence-electron chi connectivity index (χ1n) is 10.5. The molecule has 3 aromatic carbocycles. The van der Waals surface area contributed by atoms with Gasteiger partial charge >= 0.3 is 0 Å². The second-order valence-electron chi connectivity index (χ2n) is 7.32. The van der Waals surface area contributed by atoms with E-state index in [1.54, 1.807) is 12.1 Å². The van der Waals surface area contributed by atoms with Gasteiger partial charge in [-0.15, -0.1) is 22.0 Å². The second kappa shape index (κ2) is 11.8. The Hall–Kier alpha value is -3.20. The highest BCUT2D eigenvalue weighted by molar-refractivity contribution is 8.00. The summed E-state index contributed by atoms with van der Waals surface area (Å²) >= 11 is 8.62. The van der Waals surface area contributed by atoms with Crippen LogP contribution in [0.1, 0.15) is 5.56 Å². The lowest BCUT2D eigenvalue weighted by molar-refractivity contribution is -0.124. The van der Waals surface area contributed by atoms with Crippen LogP contribution in [0.2, 0.25) is 5.02 Å². The average Bonchev–Trinajstić information content (AvgIpc) is 3.32. The SMILES string of the molecule is O=C(CSc1ccccc1)NC(Cc1ccccc1)C(=O)Nc1nnc(-c2ccc(Cl)cc2)s1. The van der Waals surface area contributed by atoms with Gasteiger partial charge < -0.3 is 5.32 Å². The molecule has 1 aromatic heterocycles. The van der Waals surface area contributed by atoms with Crippen LogP contribution in [0.5, 0.6) is 0 Å². The largest absolute Gasteiger partial charge is 0.343 e. The number of hydrogen-bond donors (Lipinski definition) is 2. The molecule has 6 nitrogen and oxygen atoms in total. The van der Waals surface area contributed by atoms with Crippen LogP contribution in [0.3, 0.4) is 0 Å². The van der Waals surface area contributed by atoms with Gasteiger partial charge in [-0.05, 0) is 29.8 Å². The van der Waals surface area contributed by atoms with Crippen molar-refractivity contribution in [2.75, 3.05) is 11.1 Å². The molecule has 0 aliphatic carbocycles. The molecule has 1 atom stereocenters. The maximum atomic E-state index is 13.1. The Morgan fingerprint density at radius 2 is 1.59 bits per heavy atom. The van der Waals surface area contributed by atoms with Crippen molar-refractivity contribution in [1.29, 1.82) is 0 Å². The van der Waals surface area contributed by atoms with Crippen molar-refractivity contribution in [3.05, 3.63) is 95.5 Å². The Morgan fingerprint density at radius 1 is 0.912 bits per heavy atom. The summed E-state index contributed by atoms with van der Waals surface area (Å²) in [6.45, 7) is 0. The van der Waals surface area contributed by atoms with E-state index < -0.39 is 6.04 Å². The van der Waals surface area contributed by atoms with Crippen molar-refractivity contribution in [3.63, 3.8) is 0 Å². The highest BCUT2D eigenvalue weighted by Crippen LogP contribution is 2.27. The van der Waals surface area contributed by atoms with Gasteiger partial charge in [0.05, 0.1) is 5.75 Å². The summed E-state index contributed by atoms with van der Waals surface area (Å²) in [6, 6.07) is 25.7. The first-order chi connectivity index (χ1) is 16.6. The summed E-state index contributed by atoms with van der Waals surface area (Å²) in [5.74, 6) is -0.355. The third-order valence-electron chi connectivity index (χ3n) is 4.79. The van der Waals surface area contributed by atoms with E-state index >= 15 is 0 Å². The van der Waals surface area contributed by atoms with Crippen LogP contribution < -0.4 is 10.6 Å². The molecule has 0 aliphatic heterocycles. The van der Waals surface area contributed by atoms with Crippen LogP contribution in [0.25, 0.3) is 10.6 Å². The summed E-state index contributed by atoms with van der Waals surface area (Å²) in [4.78, 5) is 26.7. The molecule has 34 heavy (non-hydrogen) atoms. The summed E-state index contributed by atoms with van der Waals surface area (Å²) in [7, 11) is 0. The first-order valence-corrected chi connectivity index (χ1v) is 12.7. The maximum absolute atomic E-state index is 13.1. The quantitative estimate of drug-likeness (QED) is 0.299. The molecule has 2 N–H and O–H groups in total. The van der Waals surface area contributed by atoms with Gasteiger partial charge in [-0.3, -0.25) is 14.9 Å². The zero-order chi connectivity index (χ0) is 23.8. The number of nitrogens with one attached hydrogen (secondary N) is 2. The number of benzene rings is 3. The van der Waals surface area contributed by atoms with Crippen LogP contribution in [0, 0.1) is 0 Å². The Labute approximate surface area is 210 Å². The number of thioether (sulfide) groups is 1. The molecular formula is C25H21ClN4O2S2. The lowest BCUT2D eigenvalue weighted by Crippen LogP contribution is -2.46. The smallest absolute Gasteiger partial charge is 0.249 e. The summed E-state index contributed by atoms with van der Waals surface area (Å²) < 4.78 is 0. The van der Waals surface area contributed by atoms with E-state index in [0.717, 1.165) is 16.0 Å². The van der Waals surface area contributed by atoms with E-state index in [-0.39, 0.29) is 17.6 Å². The van der Waals surface area contributed by atoms with Crippen molar-refractivity contribution in [1.82, 2.24) is 15.5 Å². The molecule has 0 radical (unpaired) electrons. The van der Waals surface area contributed by atoms with Gasteiger partial charge in [-0.1, -0.05) is 83.6 Å². The van der Waals surface area contributed by atoms with Gasteiger partial charge in [0, 0.05) is 21.9 Å². The van der Waals surface area contributed by atoms with Gasteiger partial charge in [0.1, 0.15) is 11.0 Å². The van der Waals surface area contributed by atoms with Gasteiger partial charge in [0.15, 0.2) is 0 Å². The van der Waals surface area contributed by atoms with Crippen molar-refractivity contribution in [2.24, 2.45) is 0 Å². The number of carbonyl (C=O) groups is 2. The summed E-state index contributed by atoms with van der Waals surface area (Å²) in [5, 5.41) is 15.6. The molecule has 0 spiro atoms. The third-order valence-corrected chi connectivity index (χ3v) is 6.95. The van der Waals surface area contributed by atoms with E-state index in [4.69, 9.17) is 11.6 Å². The lowest BCUT2D eigenvalue weighted by Gasteiger charge is -2.18. The predicted molar refractivity (Wildman–Crippen MR) is 138 cm³/mol. The molecule has 2 amide bonds. The van der Waals surface area contributed by atoms with E-state index in [9.17, 15) is 9.59 Å². The minimum absolute atomic E-state index is 0.210. The van der Waals surface area contributed by atoms with Crippen molar-refractivity contribution in [2.45, 2.75) is 17.4 Å². The molecule has 9 heteroatoms. The average molecular weight is 509 g/mol. The fourth-order valence-electron chi connectivity index (χ4n) is 3.14. The minimum Gasteiger partial charge on any atom is -0.343 e. The molecule has 0 aliphatic rings. The Balaban J connectivity index is 1.43. The van der Waals surface area contributed by atoms with Crippen LogP contribution in [-0.4, -0.2) is 33.8 Å². The molecule has 0 saturated heterocycles. The van der Waals surface area contributed by atoms with Gasteiger partial charge in [-0.2, -0.15) is 0 Å². The minimum atomic E-state index is -0.755. The fourth-order valence-corrected chi connectivity index (χ4v) is 4.74. The molecule has 172 valence electrons.